The molecule has 0 aromatic heterocycles. The molecule has 5 heteroatoms. The molecule has 1 aliphatic heterocycles. The van der Waals surface area contributed by atoms with E-state index in [4.69, 9.17) is 18.0 Å². The monoisotopic (exact) mass is 296 g/mol. The van der Waals surface area contributed by atoms with Crippen molar-refractivity contribution < 1.29 is 9.59 Å². The first-order valence-corrected chi connectivity index (χ1v) is 7.93. The first-order chi connectivity index (χ1) is 9.35. The van der Waals surface area contributed by atoms with E-state index in [0.717, 1.165) is 32.1 Å². The Morgan fingerprint density at radius 2 is 1.70 bits per heavy atom. The molecule has 2 atom stereocenters. The molecule has 1 aliphatic carbocycles. The zero-order valence-corrected chi connectivity index (χ0v) is 13.3. The first-order valence-electron chi connectivity index (χ1n) is 7.53. The van der Waals surface area contributed by atoms with Gasteiger partial charge in [-0.05, 0) is 31.6 Å². The van der Waals surface area contributed by atoms with Crippen molar-refractivity contribution in [3.05, 3.63) is 0 Å². The Bertz CT molecular complexity index is 421. The van der Waals surface area contributed by atoms with E-state index < -0.39 is 5.54 Å². The van der Waals surface area contributed by atoms with Gasteiger partial charge < -0.3 is 5.73 Å². The van der Waals surface area contributed by atoms with Crippen molar-refractivity contribution in [2.24, 2.45) is 23.5 Å². The highest BCUT2D eigenvalue weighted by Gasteiger charge is 2.54. The van der Waals surface area contributed by atoms with Crippen LogP contribution in [0.5, 0.6) is 0 Å². The maximum Gasteiger partial charge on any atom is 0.233 e. The van der Waals surface area contributed by atoms with Gasteiger partial charge in [0.25, 0.3) is 0 Å². The summed E-state index contributed by atoms with van der Waals surface area (Å²) in [5.41, 5.74) is 5.26. The number of nitrogens with two attached hydrogens (primary N) is 1. The van der Waals surface area contributed by atoms with Crippen molar-refractivity contribution in [3.63, 3.8) is 0 Å². The minimum Gasteiger partial charge on any atom is -0.391 e. The molecule has 0 bridgehead atoms. The van der Waals surface area contributed by atoms with Crippen LogP contribution in [-0.2, 0) is 9.59 Å². The van der Waals surface area contributed by atoms with Crippen molar-refractivity contribution in [2.45, 2.75) is 58.4 Å². The molecule has 1 saturated carbocycles. The molecule has 0 radical (unpaired) electrons. The fourth-order valence-electron chi connectivity index (χ4n) is 3.51. The number of imide groups is 1. The third-order valence-corrected chi connectivity index (χ3v) is 5.75. The van der Waals surface area contributed by atoms with Crippen LogP contribution in [0.3, 0.4) is 0 Å². The van der Waals surface area contributed by atoms with Gasteiger partial charge in [0.15, 0.2) is 0 Å². The van der Waals surface area contributed by atoms with E-state index in [1.165, 1.54) is 4.90 Å². The Morgan fingerprint density at radius 1 is 1.25 bits per heavy atom. The Balaban J connectivity index is 2.33. The number of carbonyl (C=O) groups excluding carboxylic acids is 2. The third-order valence-electron chi connectivity index (χ3n) is 5.37. The molecule has 1 saturated heterocycles. The zero-order valence-electron chi connectivity index (χ0n) is 12.5. The van der Waals surface area contributed by atoms with Crippen LogP contribution in [0.1, 0.15) is 52.9 Å². The van der Waals surface area contributed by atoms with Gasteiger partial charge in [-0.3, -0.25) is 14.5 Å². The lowest BCUT2D eigenvalue weighted by molar-refractivity contribution is -0.145. The second-order valence-corrected chi connectivity index (χ2v) is 6.78. The van der Waals surface area contributed by atoms with Gasteiger partial charge in [0.05, 0.1) is 4.99 Å². The summed E-state index contributed by atoms with van der Waals surface area (Å²) in [7, 11) is 0. The van der Waals surface area contributed by atoms with Crippen molar-refractivity contribution in [2.75, 3.05) is 0 Å². The molecule has 1 heterocycles. The predicted molar refractivity (Wildman–Crippen MR) is 81.9 cm³/mol. The van der Waals surface area contributed by atoms with E-state index in [-0.39, 0.29) is 23.7 Å². The van der Waals surface area contributed by atoms with Crippen LogP contribution < -0.4 is 5.73 Å². The molecule has 2 aliphatic rings. The molecular formula is C15H24N2O2S. The molecule has 2 rings (SSSR count). The highest BCUT2D eigenvalue weighted by molar-refractivity contribution is 7.80. The lowest BCUT2D eigenvalue weighted by Crippen LogP contribution is -2.60. The number of likely N-dealkylation sites (tertiary alicyclic amines) is 1. The minimum absolute atomic E-state index is 0.106. The number of rotatable bonds is 3. The van der Waals surface area contributed by atoms with Gasteiger partial charge in [0, 0.05) is 11.8 Å². The van der Waals surface area contributed by atoms with Gasteiger partial charge in [0.2, 0.25) is 11.8 Å². The molecule has 0 spiro atoms. The molecule has 2 fully saturated rings. The van der Waals surface area contributed by atoms with E-state index in [1.807, 2.05) is 13.8 Å². The van der Waals surface area contributed by atoms with Crippen molar-refractivity contribution in [3.8, 4) is 0 Å². The highest BCUT2D eigenvalue weighted by atomic mass is 32.1. The summed E-state index contributed by atoms with van der Waals surface area (Å²) < 4.78 is 0. The summed E-state index contributed by atoms with van der Waals surface area (Å²) in [6.07, 6.45) is 4.53. The fourth-order valence-corrected chi connectivity index (χ4v) is 3.80. The first kappa shape index (κ1) is 15.4. The summed E-state index contributed by atoms with van der Waals surface area (Å²) >= 11 is 5.25. The molecule has 4 nitrogen and oxygen atoms in total. The summed E-state index contributed by atoms with van der Waals surface area (Å²) in [5, 5.41) is 0. The lowest BCUT2D eigenvalue weighted by atomic mass is 9.74. The molecule has 0 aromatic rings. The van der Waals surface area contributed by atoms with Gasteiger partial charge in [-0.1, -0.05) is 39.4 Å². The topological polar surface area (TPSA) is 63.4 Å². The van der Waals surface area contributed by atoms with Crippen LogP contribution >= 0.6 is 12.2 Å². The van der Waals surface area contributed by atoms with E-state index in [1.54, 1.807) is 0 Å². The molecule has 2 N–H and O–H groups in total. The van der Waals surface area contributed by atoms with Gasteiger partial charge >= 0.3 is 0 Å². The zero-order chi connectivity index (χ0) is 15.1. The van der Waals surface area contributed by atoms with Crippen LogP contribution in [0, 0.1) is 17.8 Å². The second kappa shape index (κ2) is 5.43. The lowest BCUT2D eigenvalue weighted by Gasteiger charge is -2.44. The Labute approximate surface area is 126 Å². The van der Waals surface area contributed by atoms with Crippen LogP contribution in [0.15, 0.2) is 0 Å². The molecular weight excluding hydrogens is 272 g/mol. The summed E-state index contributed by atoms with van der Waals surface area (Å²) in [6.45, 7) is 5.81. The molecule has 20 heavy (non-hydrogen) atoms. The third kappa shape index (κ3) is 2.16. The van der Waals surface area contributed by atoms with Crippen molar-refractivity contribution in [1.29, 1.82) is 0 Å². The number of hydrogen-bond donors (Lipinski definition) is 1. The van der Waals surface area contributed by atoms with E-state index >= 15 is 0 Å². The number of amides is 2. The summed E-state index contributed by atoms with van der Waals surface area (Å²) in [6, 6.07) is 0. The molecule has 2 unspecified atom stereocenters. The van der Waals surface area contributed by atoms with Crippen molar-refractivity contribution >= 4 is 29.0 Å². The quantitative estimate of drug-likeness (QED) is 0.641. The number of hydrogen-bond acceptors (Lipinski definition) is 3. The summed E-state index contributed by atoms with van der Waals surface area (Å²) in [5.74, 6) is -0.0918. The van der Waals surface area contributed by atoms with Crippen LogP contribution in [0.2, 0.25) is 0 Å². The molecule has 112 valence electrons. The average Bonchev–Trinajstić information content (AvgIpc) is 2.63. The van der Waals surface area contributed by atoms with Crippen LogP contribution in [-0.4, -0.2) is 27.2 Å². The van der Waals surface area contributed by atoms with Crippen LogP contribution in [0.25, 0.3) is 0 Å². The Kier molecular flexibility index (Phi) is 4.19. The number of carbonyl (C=O) groups is 2. The minimum atomic E-state index is -0.714. The molecule has 0 aromatic carbocycles. The Morgan fingerprint density at radius 3 is 2.05 bits per heavy atom. The van der Waals surface area contributed by atoms with E-state index in [2.05, 4.69) is 6.92 Å². The number of nitrogens with zero attached hydrogens (tertiary/aromatic N) is 1. The fraction of sp³-hybridized carbons (Fsp3) is 0.800. The maximum absolute atomic E-state index is 12.5. The standard InChI is InChI=1S/C15H24N2O2S/c1-4-11-5-7-15(8-6-11,14(16)20)17-12(18)9(2)10(3)13(17)19/h9-11H,4-8H2,1-3H3,(H2,16,20). The van der Waals surface area contributed by atoms with Gasteiger partial charge in [0.1, 0.15) is 5.54 Å². The van der Waals surface area contributed by atoms with E-state index in [0.29, 0.717) is 10.9 Å². The normalized spacial score (nSPS) is 38.4. The summed E-state index contributed by atoms with van der Waals surface area (Å²) in [4.78, 5) is 26.7. The molecule has 2 amide bonds. The largest absolute Gasteiger partial charge is 0.391 e. The predicted octanol–water partition coefficient (Wildman–Crippen LogP) is 2.25. The SMILES string of the molecule is CCC1CCC(C(N)=S)(N2C(=O)C(C)C(C)C2=O)CC1. The van der Waals surface area contributed by atoms with Crippen LogP contribution in [0.4, 0.5) is 0 Å². The van der Waals surface area contributed by atoms with Gasteiger partial charge in [-0.2, -0.15) is 0 Å². The average molecular weight is 296 g/mol. The maximum atomic E-state index is 12.5. The van der Waals surface area contributed by atoms with Crippen molar-refractivity contribution in [1.82, 2.24) is 4.90 Å². The number of thiocarbonyl (C=S) groups is 1. The van der Waals surface area contributed by atoms with Gasteiger partial charge in [-0.25, -0.2) is 0 Å². The second-order valence-electron chi connectivity index (χ2n) is 6.34. The smallest absolute Gasteiger partial charge is 0.233 e. The highest BCUT2D eigenvalue weighted by Crippen LogP contribution is 2.42. The Hall–Kier alpha value is -0.970. The van der Waals surface area contributed by atoms with Gasteiger partial charge in [-0.15, -0.1) is 0 Å². The van der Waals surface area contributed by atoms with E-state index in [9.17, 15) is 9.59 Å².